The van der Waals surface area contributed by atoms with Crippen molar-refractivity contribution < 1.29 is 14.3 Å². The predicted octanol–water partition coefficient (Wildman–Crippen LogP) is 2.93. The molecule has 7 nitrogen and oxygen atoms in total. The van der Waals surface area contributed by atoms with Crippen LogP contribution in [0, 0.1) is 0 Å². The summed E-state index contributed by atoms with van der Waals surface area (Å²) in [6.45, 7) is 1.95. The number of halogens is 1. The SMILES string of the molecule is CCOC(=O)c1c2nn(C)c1N(c1cccc(Cl)c1)C(=O)N2. The van der Waals surface area contributed by atoms with Crippen LogP contribution in [0.4, 0.5) is 22.1 Å². The highest BCUT2D eigenvalue weighted by Gasteiger charge is 2.37. The van der Waals surface area contributed by atoms with Gasteiger partial charge in [0.25, 0.3) is 0 Å². The number of nitrogens with zero attached hydrogens (tertiary/aromatic N) is 3. The van der Waals surface area contributed by atoms with Crippen LogP contribution in [0.1, 0.15) is 17.3 Å². The molecule has 0 saturated carbocycles. The van der Waals surface area contributed by atoms with Crippen molar-refractivity contribution in [2.75, 3.05) is 16.8 Å². The van der Waals surface area contributed by atoms with Gasteiger partial charge in [-0.15, -0.1) is 0 Å². The summed E-state index contributed by atoms with van der Waals surface area (Å²) in [6, 6.07) is 6.37. The fourth-order valence-corrected chi connectivity index (χ4v) is 2.54. The molecule has 0 aliphatic carbocycles. The number of hydrogen-bond acceptors (Lipinski definition) is 4. The van der Waals surface area contributed by atoms with Gasteiger partial charge in [-0.05, 0) is 25.1 Å². The van der Waals surface area contributed by atoms with Crippen LogP contribution in [0.5, 0.6) is 0 Å². The highest BCUT2D eigenvalue weighted by atomic mass is 35.5. The summed E-state index contributed by atoms with van der Waals surface area (Å²) in [7, 11) is 1.65. The Labute approximate surface area is 131 Å². The maximum absolute atomic E-state index is 12.3. The second-order valence-corrected chi connectivity index (χ2v) is 5.07. The van der Waals surface area contributed by atoms with E-state index in [9.17, 15) is 9.59 Å². The van der Waals surface area contributed by atoms with Gasteiger partial charge in [-0.3, -0.25) is 5.32 Å². The molecule has 114 valence electrons. The van der Waals surface area contributed by atoms with Crippen molar-refractivity contribution in [1.29, 1.82) is 0 Å². The summed E-state index contributed by atoms with van der Waals surface area (Å²) in [5.74, 6) is 0.00585. The number of carbonyl (C=O) groups excluding carboxylic acids is 2. The van der Waals surface area contributed by atoms with Crippen LogP contribution >= 0.6 is 11.6 Å². The first-order chi connectivity index (χ1) is 10.5. The number of esters is 1. The minimum absolute atomic E-state index is 0.194. The second-order valence-electron chi connectivity index (χ2n) is 4.64. The number of amides is 2. The van der Waals surface area contributed by atoms with E-state index >= 15 is 0 Å². The molecule has 0 unspecified atom stereocenters. The van der Waals surface area contributed by atoms with Crippen LogP contribution in [0.25, 0.3) is 0 Å². The molecule has 1 N–H and O–H groups in total. The molecule has 0 spiro atoms. The van der Waals surface area contributed by atoms with Crippen molar-refractivity contribution in [2.24, 2.45) is 7.05 Å². The molecule has 0 atom stereocenters. The lowest BCUT2D eigenvalue weighted by Crippen LogP contribution is -2.36. The van der Waals surface area contributed by atoms with Gasteiger partial charge in [-0.25, -0.2) is 19.2 Å². The number of urea groups is 1. The number of anilines is 3. The second kappa shape index (κ2) is 5.34. The molecule has 2 aromatic rings. The Morgan fingerprint density at radius 1 is 1.45 bits per heavy atom. The summed E-state index contributed by atoms with van der Waals surface area (Å²) in [6.07, 6.45) is 0. The van der Waals surface area contributed by atoms with E-state index in [1.54, 1.807) is 38.2 Å². The summed E-state index contributed by atoms with van der Waals surface area (Å²) in [5.41, 5.74) is 0.758. The molecule has 1 aliphatic rings. The first-order valence-corrected chi connectivity index (χ1v) is 7.01. The Morgan fingerprint density at radius 3 is 2.91 bits per heavy atom. The summed E-state index contributed by atoms with van der Waals surface area (Å²) in [4.78, 5) is 25.8. The lowest BCUT2D eigenvalue weighted by Gasteiger charge is -2.26. The quantitative estimate of drug-likeness (QED) is 0.882. The molecule has 2 bridgehead atoms. The molecule has 22 heavy (non-hydrogen) atoms. The van der Waals surface area contributed by atoms with Crippen molar-refractivity contribution in [3.63, 3.8) is 0 Å². The third kappa shape index (κ3) is 2.19. The molecule has 0 fully saturated rings. The van der Waals surface area contributed by atoms with E-state index < -0.39 is 12.0 Å². The Kier molecular flexibility index (Phi) is 3.50. The summed E-state index contributed by atoms with van der Waals surface area (Å²) < 4.78 is 6.50. The number of benzene rings is 1. The Balaban J connectivity index is 2.16. The lowest BCUT2D eigenvalue weighted by molar-refractivity contribution is 0.0528. The maximum atomic E-state index is 12.3. The zero-order chi connectivity index (χ0) is 15.9. The Hall–Kier alpha value is -2.54. The van der Waals surface area contributed by atoms with Gasteiger partial charge in [-0.1, -0.05) is 17.7 Å². The van der Waals surface area contributed by atoms with Crippen LogP contribution in [-0.4, -0.2) is 28.4 Å². The monoisotopic (exact) mass is 320 g/mol. The van der Waals surface area contributed by atoms with E-state index in [0.29, 0.717) is 16.5 Å². The molecule has 2 heterocycles. The molecule has 0 radical (unpaired) electrons. The first-order valence-electron chi connectivity index (χ1n) is 6.63. The van der Waals surface area contributed by atoms with E-state index in [0.717, 1.165) is 0 Å². The predicted molar refractivity (Wildman–Crippen MR) is 81.8 cm³/mol. The number of hydrogen-bond donors (Lipinski definition) is 1. The Bertz CT molecular complexity index is 771. The van der Waals surface area contributed by atoms with Crippen molar-refractivity contribution in [3.05, 3.63) is 34.9 Å². The van der Waals surface area contributed by atoms with E-state index in [1.807, 2.05) is 0 Å². The van der Waals surface area contributed by atoms with Gasteiger partial charge in [0.2, 0.25) is 0 Å². The molecular weight excluding hydrogens is 308 g/mol. The average molecular weight is 321 g/mol. The number of aromatic nitrogens is 2. The number of rotatable bonds is 3. The normalized spacial score (nSPS) is 13.0. The zero-order valence-electron chi connectivity index (χ0n) is 12.0. The summed E-state index contributed by atoms with van der Waals surface area (Å²) >= 11 is 5.99. The largest absolute Gasteiger partial charge is 0.462 e. The van der Waals surface area contributed by atoms with Crippen LogP contribution in [0.15, 0.2) is 24.3 Å². The fourth-order valence-electron chi connectivity index (χ4n) is 2.36. The van der Waals surface area contributed by atoms with Crippen molar-refractivity contribution in [2.45, 2.75) is 6.92 Å². The van der Waals surface area contributed by atoms with Gasteiger partial charge in [-0.2, -0.15) is 5.10 Å². The Morgan fingerprint density at radius 2 is 2.23 bits per heavy atom. The number of ether oxygens (including phenoxy) is 1. The highest BCUT2D eigenvalue weighted by molar-refractivity contribution is 6.31. The number of aryl methyl sites for hydroxylation is 1. The average Bonchev–Trinajstić information content (AvgIpc) is 2.69. The fraction of sp³-hybridized carbons (Fsp3) is 0.214. The topological polar surface area (TPSA) is 76.5 Å². The lowest BCUT2D eigenvalue weighted by atomic mass is 10.2. The highest BCUT2D eigenvalue weighted by Crippen LogP contribution is 2.38. The van der Waals surface area contributed by atoms with Crippen molar-refractivity contribution in [3.8, 4) is 0 Å². The molecule has 3 rings (SSSR count). The molecule has 1 aromatic carbocycles. The molecule has 1 aromatic heterocycles. The molecule has 2 amide bonds. The van der Waals surface area contributed by atoms with Gasteiger partial charge in [0, 0.05) is 12.1 Å². The maximum Gasteiger partial charge on any atom is 0.345 e. The molecular formula is C14H13ClN4O3. The van der Waals surface area contributed by atoms with Gasteiger partial charge < -0.3 is 4.74 Å². The summed E-state index contributed by atoms with van der Waals surface area (Å²) in [5, 5.41) is 7.22. The molecule has 0 saturated heterocycles. The van der Waals surface area contributed by atoms with Crippen LogP contribution in [-0.2, 0) is 11.8 Å². The number of carbonyl (C=O) groups is 2. The third-order valence-corrected chi connectivity index (χ3v) is 3.44. The standard InChI is InChI=1S/C14H13ClN4O3/c1-3-22-13(20)10-11-16-14(21)19(12(10)18(2)17-11)9-6-4-5-8(15)7-9/h4-7H,3H2,1-2H3,(H,16,17,21). The third-order valence-electron chi connectivity index (χ3n) is 3.20. The first kappa shape index (κ1) is 14.4. The van der Waals surface area contributed by atoms with E-state index in [4.69, 9.17) is 16.3 Å². The van der Waals surface area contributed by atoms with Crippen molar-refractivity contribution in [1.82, 2.24) is 9.78 Å². The van der Waals surface area contributed by atoms with Gasteiger partial charge in [0.05, 0.1) is 12.3 Å². The molecule has 8 heteroatoms. The van der Waals surface area contributed by atoms with E-state index in [2.05, 4.69) is 10.4 Å². The van der Waals surface area contributed by atoms with Crippen LogP contribution in [0.2, 0.25) is 5.02 Å². The molecule has 1 aliphatic heterocycles. The minimum Gasteiger partial charge on any atom is -0.462 e. The minimum atomic E-state index is -0.535. The smallest absolute Gasteiger partial charge is 0.345 e. The van der Waals surface area contributed by atoms with E-state index in [1.165, 1.54) is 9.58 Å². The van der Waals surface area contributed by atoms with E-state index in [-0.39, 0.29) is 18.0 Å². The van der Waals surface area contributed by atoms with Gasteiger partial charge in [0.1, 0.15) is 5.56 Å². The van der Waals surface area contributed by atoms with Crippen LogP contribution in [0.3, 0.4) is 0 Å². The zero-order valence-corrected chi connectivity index (χ0v) is 12.7. The van der Waals surface area contributed by atoms with Crippen LogP contribution < -0.4 is 10.2 Å². The van der Waals surface area contributed by atoms with Gasteiger partial charge >= 0.3 is 12.0 Å². The number of fused-ring (bicyclic) bond motifs is 2. The van der Waals surface area contributed by atoms with Crippen molar-refractivity contribution >= 4 is 40.9 Å². The van der Waals surface area contributed by atoms with Gasteiger partial charge in [0.15, 0.2) is 11.6 Å². The number of nitrogens with one attached hydrogen (secondary N) is 1.